The van der Waals surface area contributed by atoms with Crippen molar-refractivity contribution in [2.24, 2.45) is 5.92 Å². The Morgan fingerprint density at radius 1 is 0.892 bits per heavy atom. The summed E-state index contributed by atoms with van der Waals surface area (Å²) in [5.41, 5.74) is 3.38. The minimum Gasteiger partial charge on any atom is -0.460 e. The zero-order valence-corrected chi connectivity index (χ0v) is 21.6. The minimum atomic E-state index is -0.763. The molecule has 2 atom stereocenters. The number of hydrogen-bond donors (Lipinski definition) is 0. The molecule has 37 heavy (non-hydrogen) atoms. The van der Waals surface area contributed by atoms with Crippen LogP contribution < -0.4 is 0 Å². The molecule has 2 amide bonds. The maximum atomic E-state index is 13.8. The number of rotatable bonds is 8. The number of amides is 2. The van der Waals surface area contributed by atoms with Gasteiger partial charge < -0.3 is 9.47 Å². The van der Waals surface area contributed by atoms with E-state index in [1.807, 2.05) is 84.9 Å². The van der Waals surface area contributed by atoms with E-state index in [4.69, 9.17) is 9.47 Å². The normalized spacial score (nSPS) is 16.2. The molecule has 6 nitrogen and oxygen atoms in total. The highest BCUT2D eigenvalue weighted by Gasteiger charge is 2.41. The van der Waals surface area contributed by atoms with E-state index in [1.54, 1.807) is 20.8 Å². The molecule has 0 N–H and O–H groups in total. The van der Waals surface area contributed by atoms with Crippen molar-refractivity contribution in [2.75, 3.05) is 6.61 Å². The van der Waals surface area contributed by atoms with Crippen molar-refractivity contribution in [3.05, 3.63) is 96.1 Å². The van der Waals surface area contributed by atoms with Crippen molar-refractivity contribution in [3.63, 3.8) is 0 Å². The van der Waals surface area contributed by atoms with Crippen molar-refractivity contribution in [1.82, 2.24) is 4.90 Å². The molecule has 1 fully saturated rings. The van der Waals surface area contributed by atoms with Gasteiger partial charge >= 0.3 is 12.1 Å². The number of imide groups is 1. The van der Waals surface area contributed by atoms with Crippen molar-refractivity contribution in [1.29, 1.82) is 0 Å². The topological polar surface area (TPSA) is 72.9 Å². The average Bonchev–Trinajstić information content (AvgIpc) is 3.23. The van der Waals surface area contributed by atoms with Crippen LogP contribution in [0.4, 0.5) is 4.79 Å². The van der Waals surface area contributed by atoms with E-state index >= 15 is 0 Å². The molecular formula is C31H33NO5. The van der Waals surface area contributed by atoms with E-state index in [0.29, 0.717) is 12.8 Å². The van der Waals surface area contributed by atoms with Crippen molar-refractivity contribution in [2.45, 2.75) is 51.7 Å². The first kappa shape index (κ1) is 26.1. The Labute approximate surface area is 218 Å². The van der Waals surface area contributed by atoms with Gasteiger partial charge in [0.1, 0.15) is 12.2 Å². The number of hydrogen-bond acceptors (Lipinski definition) is 5. The predicted molar refractivity (Wildman–Crippen MR) is 142 cm³/mol. The summed E-state index contributed by atoms with van der Waals surface area (Å²) in [5.74, 6) is -1.65. The van der Waals surface area contributed by atoms with Crippen LogP contribution in [-0.4, -0.2) is 41.1 Å². The first-order valence-electron chi connectivity index (χ1n) is 12.6. The maximum absolute atomic E-state index is 13.8. The van der Waals surface area contributed by atoms with Gasteiger partial charge in [0.05, 0.1) is 18.4 Å². The summed E-state index contributed by atoms with van der Waals surface area (Å²) >= 11 is 0. The third-order valence-corrected chi connectivity index (χ3v) is 6.24. The van der Waals surface area contributed by atoms with Crippen LogP contribution in [0.15, 0.2) is 84.9 Å². The molecular weight excluding hydrogens is 466 g/mol. The molecule has 0 bridgehead atoms. The summed E-state index contributed by atoms with van der Waals surface area (Å²) in [4.78, 5) is 40.4. The van der Waals surface area contributed by atoms with Gasteiger partial charge in [-0.15, -0.1) is 0 Å². The van der Waals surface area contributed by atoms with E-state index in [-0.39, 0.29) is 13.0 Å². The molecule has 0 aliphatic carbocycles. The second kappa shape index (κ2) is 11.4. The van der Waals surface area contributed by atoms with Gasteiger partial charge in [0, 0.05) is 0 Å². The van der Waals surface area contributed by atoms with Crippen molar-refractivity contribution in [3.8, 4) is 11.1 Å². The fraction of sp³-hybridized carbons (Fsp3) is 0.323. The lowest BCUT2D eigenvalue weighted by Gasteiger charge is -2.26. The van der Waals surface area contributed by atoms with Gasteiger partial charge in [0.15, 0.2) is 0 Å². The lowest BCUT2D eigenvalue weighted by Crippen LogP contribution is -2.45. The number of benzene rings is 3. The van der Waals surface area contributed by atoms with Crippen LogP contribution in [0.2, 0.25) is 0 Å². The van der Waals surface area contributed by atoms with E-state index in [1.165, 1.54) is 4.90 Å². The smallest absolute Gasteiger partial charge is 0.416 e. The second-order valence-corrected chi connectivity index (χ2v) is 10.4. The fourth-order valence-corrected chi connectivity index (χ4v) is 4.54. The lowest BCUT2D eigenvalue weighted by molar-refractivity contribution is -0.158. The summed E-state index contributed by atoms with van der Waals surface area (Å²) in [6.45, 7) is 5.50. The SMILES string of the molecule is CC(C)(C)OC(=O)CC(Cc1ccc(-c2ccccc2)cc1)C(=O)N1C(=O)OC[C@@H]1Cc1ccccc1. The number of ether oxygens (including phenoxy) is 2. The highest BCUT2D eigenvalue weighted by Crippen LogP contribution is 2.26. The van der Waals surface area contributed by atoms with Gasteiger partial charge in [-0.05, 0) is 55.9 Å². The molecule has 4 rings (SSSR count). The van der Waals surface area contributed by atoms with Crippen LogP contribution in [0.5, 0.6) is 0 Å². The highest BCUT2D eigenvalue weighted by atomic mass is 16.6. The molecule has 0 saturated carbocycles. The van der Waals surface area contributed by atoms with Crippen LogP contribution in [0.3, 0.4) is 0 Å². The summed E-state index contributed by atoms with van der Waals surface area (Å²) in [7, 11) is 0. The summed E-state index contributed by atoms with van der Waals surface area (Å²) in [6, 6.07) is 27.2. The lowest BCUT2D eigenvalue weighted by atomic mass is 9.92. The quantitative estimate of drug-likeness (QED) is 0.365. The molecule has 1 aliphatic rings. The van der Waals surface area contributed by atoms with Gasteiger partial charge in [0.2, 0.25) is 5.91 Å². The maximum Gasteiger partial charge on any atom is 0.416 e. The van der Waals surface area contributed by atoms with Gasteiger partial charge in [-0.2, -0.15) is 0 Å². The molecule has 1 unspecified atom stereocenters. The Morgan fingerprint density at radius 3 is 2.11 bits per heavy atom. The van der Waals surface area contributed by atoms with Crippen molar-refractivity contribution < 1.29 is 23.9 Å². The third-order valence-electron chi connectivity index (χ3n) is 6.24. The molecule has 3 aromatic rings. The van der Waals surface area contributed by atoms with Crippen LogP contribution in [0, 0.1) is 5.92 Å². The van der Waals surface area contributed by atoms with E-state index < -0.39 is 35.5 Å². The standard InChI is InChI=1S/C31H33NO5/c1-31(2,3)37-28(33)20-26(18-23-14-16-25(17-15-23)24-12-8-5-9-13-24)29(34)32-27(21-36-30(32)35)19-22-10-6-4-7-11-22/h4-17,26-27H,18-21H2,1-3H3/t26?,27-/m0/s1. The van der Waals surface area contributed by atoms with E-state index in [2.05, 4.69) is 0 Å². The first-order valence-corrected chi connectivity index (χ1v) is 12.6. The van der Waals surface area contributed by atoms with Crippen LogP contribution >= 0.6 is 0 Å². The van der Waals surface area contributed by atoms with Crippen LogP contribution in [0.25, 0.3) is 11.1 Å². The van der Waals surface area contributed by atoms with Crippen LogP contribution in [-0.2, 0) is 31.9 Å². The fourth-order valence-electron chi connectivity index (χ4n) is 4.54. The number of cyclic esters (lactones) is 1. The number of esters is 1. The predicted octanol–water partition coefficient (Wildman–Crippen LogP) is 5.83. The Kier molecular flexibility index (Phi) is 8.07. The Morgan fingerprint density at radius 2 is 1.49 bits per heavy atom. The molecule has 1 aliphatic heterocycles. The summed E-state index contributed by atoms with van der Waals surface area (Å²) < 4.78 is 10.8. The summed E-state index contributed by atoms with van der Waals surface area (Å²) in [5, 5.41) is 0. The molecule has 192 valence electrons. The number of nitrogens with zero attached hydrogens (tertiary/aromatic N) is 1. The van der Waals surface area contributed by atoms with Crippen molar-refractivity contribution >= 4 is 18.0 Å². The zero-order chi connectivity index (χ0) is 26.4. The summed E-state index contributed by atoms with van der Waals surface area (Å²) in [6.07, 6.45) is -0.00378. The van der Waals surface area contributed by atoms with Crippen LogP contribution in [0.1, 0.15) is 38.3 Å². The molecule has 1 heterocycles. The van der Waals surface area contributed by atoms with E-state index in [9.17, 15) is 14.4 Å². The zero-order valence-electron chi connectivity index (χ0n) is 21.6. The number of carbonyl (C=O) groups is 3. The molecule has 3 aromatic carbocycles. The first-order chi connectivity index (χ1) is 17.7. The Bertz CT molecular complexity index is 1220. The minimum absolute atomic E-state index is 0.127. The average molecular weight is 500 g/mol. The molecule has 6 heteroatoms. The monoisotopic (exact) mass is 499 g/mol. The number of carbonyl (C=O) groups excluding carboxylic acids is 3. The molecule has 0 radical (unpaired) electrons. The highest BCUT2D eigenvalue weighted by molar-refractivity contribution is 5.96. The molecule has 0 aromatic heterocycles. The van der Waals surface area contributed by atoms with Gasteiger partial charge in [-0.25, -0.2) is 9.69 Å². The Balaban J connectivity index is 1.55. The Hall–Kier alpha value is -3.93. The third kappa shape index (κ3) is 7.06. The molecule has 0 spiro atoms. The molecule has 1 saturated heterocycles. The van der Waals surface area contributed by atoms with E-state index in [0.717, 1.165) is 22.3 Å². The van der Waals surface area contributed by atoms with Gasteiger partial charge in [-0.1, -0.05) is 84.9 Å². The second-order valence-electron chi connectivity index (χ2n) is 10.4. The van der Waals surface area contributed by atoms with Gasteiger partial charge in [0.25, 0.3) is 0 Å². The largest absolute Gasteiger partial charge is 0.460 e. The van der Waals surface area contributed by atoms with Gasteiger partial charge in [-0.3, -0.25) is 9.59 Å².